The molecular weight excluding hydrogens is 292 g/mol. The molecule has 1 unspecified atom stereocenters. The summed E-state index contributed by atoms with van der Waals surface area (Å²) in [5.74, 6) is 0.759. The molecule has 1 aliphatic heterocycles. The summed E-state index contributed by atoms with van der Waals surface area (Å²) in [6.45, 7) is 3.61. The molecule has 1 N–H and O–H groups in total. The van der Waals surface area contributed by atoms with Crippen LogP contribution in [0.25, 0.3) is 11.0 Å². The van der Waals surface area contributed by atoms with Gasteiger partial charge in [0.25, 0.3) is 5.91 Å². The largest absolute Gasteiger partial charge is 0.376 e. The number of hydrogen-bond donors (Lipinski definition) is 1. The van der Waals surface area contributed by atoms with E-state index >= 15 is 0 Å². The summed E-state index contributed by atoms with van der Waals surface area (Å²) < 4.78 is 5.63. The molecule has 0 aliphatic carbocycles. The van der Waals surface area contributed by atoms with Crippen LogP contribution in [0.3, 0.4) is 0 Å². The van der Waals surface area contributed by atoms with E-state index in [0.29, 0.717) is 25.1 Å². The zero-order valence-corrected chi connectivity index (χ0v) is 13.2. The first-order valence-corrected chi connectivity index (χ1v) is 7.91. The summed E-state index contributed by atoms with van der Waals surface area (Å²) in [7, 11) is 0. The van der Waals surface area contributed by atoms with Crippen molar-refractivity contribution < 1.29 is 9.53 Å². The molecule has 6 heteroatoms. The Morgan fingerprint density at radius 2 is 2.43 bits per heavy atom. The van der Waals surface area contributed by atoms with Gasteiger partial charge in [0.1, 0.15) is 5.82 Å². The van der Waals surface area contributed by atoms with Gasteiger partial charge < -0.3 is 14.6 Å². The lowest BCUT2D eigenvalue weighted by Crippen LogP contribution is -2.38. The van der Waals surface area contributed by atoms with Gasteiger partial charge in [0.15, 0.2) is 0 Å². The van der Waals surface area contributed by atoms with Crippen molar-refractivity contribution in [3.05, 3.63) is 29.6 Å². The zero-order valence-electron chi connectivity index (χ0n) is 13.2. The first kappa shape index (κ1) is 15.5. The molecule has 0 saturated carbocycles. The van der Waals surface area contributed by atoms with Crippen LogP contribution in [0, 0.1) is 18.3 Å². The molecule has 2 aromatic rings. The zero-order chi connectivity index (χ0) is 16.2. The van der Waals surface area contributed by atoms with Gasteiger partial charge in [0, 0.05) is 25.3 Å². The molecule has 1 atom stereocenters. The van der Waals surface area contributed by atoms with Gasteiger partial charge in [-0.3, -0.25) is 4.79 Å². The predicted octanol–water partition coefficient (Wildman–Crippen LogP) is 2.41. The molecule has 1 amide bonds. The number of benzene rings is 1. The second kappa shape index (κ2) is 6.80. The molecule has 120 valence electrons. The highest BCUT2D eigenvalue weighted by molar-refractivity contribution is 5.97. The number of rotatable bonds is 5. The molecule has 23 heavy (non-hydrogen) atoms. The molecule has 1 saturated heterocycles. The van der Waals surface area contributed by atoms with Crippen molar-refractivity contribution in [2.45, 2.75) is 32.3 Å². The van der Waals surface area contributed by atoms with Crippen LogP contribution in [0.4, 0.5) is 0 Å². The van der Waals surface area contributed by atoms with E-state index in [4.69, 9.17) is 10.00 Å². The van der Waals surface area contributed by atoms with E-state index < -0.39 is 0 Å². The van der Waals surface area contributed by atoms with E-state index in [1.807, 2.05) is 19.1 Å². The van der Waals surface area contributed by atoms with Crippen LogP contribution in [-0.4, -0.2) is 46.6 Å². The molecule has 0 spiro atoms. The fraction of sp³-hybridized carbons (Fsp3) is 0.471. The Bertz CT molecular complexity index is 741. The van der Waals surface area contributed by atoms with Crippen LogP contribution in [0.2, 0.25) is 0 Å². The van der Waals surface area contributed by atoms with Crippen LogP contribution < -0.4 is 0 Å². The maximum atomic E-state index is 12.8. The highest BCUT2D eigenvalue weighted by Gasteiger charge is 2.23. The Labute approximate surface area is 135 Å². The van der Waals surface area contributed by atoms with Crippen molar-refractivity contribution in [1.29, 1.82) is 5.26 Å². The Morgan fingerprint density at radius 3 is 3.17 bits per heavy atom. The summed E-state index contributed by atoms with van der Waals surface area (Å²) in [5.41, 5.74) is 2.31. The number of aromatic amines is 1. The van der Waals surface area contributed by atoms with Crippen molar-refractivity contribution in [2.24, 2.45) is 0 Å². The van der Waals surface area contributed by atoms with Crippen LogP contribution in [-0.2, 0) is 4.74 Å². The van der Waals surface area contributed by atoms with Crippen LogP contribution >= 0.6 is 0 Å². The van der Waals surface area contributed by atoms with Crippen molar-refractivity contribution in [3.63, 3.8) is 0 Å². The van der Waals surface area contributed by atoms with Gasteiger partial charge in [-0.2, -0.15) is 5.26 Å². The first-order valence-electron chi connectivity index (χ1n) is 7.91. The van der Waals surface area contributed by atoms with Crippen molar-refractivity contribution >= 4 is 16.9 Å². The molecule has 3 rings (SSSR count). The molecule has 1 aliphatic rings. The van der Waals surface area contributed by atoms with Gasteiger partial charge in [-0.1, -0.05) is 0 Å². The van der Waals surface area contributed by atoms with Crippen LogP contribution in [0.1, 0.15) is 35.4 Å². The Balaban J connectivity index is 1.80. The van der Waals surface area contributed by atoms with E-state index in [9.17, 15) is 4.79 Å². The summed E-state index contributed by atoms with van der Waals surface area (Å²) in [6.07, 6.45) is 2.40. The second-order valence-electron chi connectivity index (χ2n) is 5.85. The molecule has 2 heterocycles. The fourth-order valence-electron chi connectivity index (χ4n) is 2.95. The fourth-order valence-corrected chi connectivity index (χ4v) is 2.95. The number of aryl methyl sites for hydroxylation is 1. The maximum Gasteiger partial charge on any atom is 0.254 e. The molecule has 1 aromatic carbocycles. The third kappa shape index (κ3) is 3.51. The van der Waals surface area contributed by atoms with Crippen molar-refractivity contribution in [1.82, 2.24) is 14.9 Å². The molecule has 0 bridgehead atoms. The third-order valence-electron chi connectivity index (χ3n) is 4.08. The molecule has 1 aromatic heterocycles. The van der Waals surface area contributed by atoms with Gasteiger partial charge in [-0.25, -0.2) is 4.98 Å². The lowest BCUT2D eigenvalue weighted by Gasteiger charge is -2.24. The van der Waals surface area contributed by atoms with Crippen molar-refractivity contribution in [3.8, 4) is 6.07 Å². The summed E-state index contributed by atoms with van der Waals surface area (Å²) in [5, 5.41) is 8.84. The van der Waals surface area contributed by atoms with Crippen LogP contribution in [0.5, 0.6) is 0 Å². The number of hydrogen-bond acceptors (Lipinski definition) is 4. The van der Waals surface area contributed by atoms with E-state index in [1.165, 1.54) is 0 Å². The minimum Gasteiger partial charge on any atom is -0.376 e. The van der Waals surface area contributed by atoms with Gasteiger partial charge in [-0.15, -0.1) is 0 Å². The Hall–Kier alpha value is -2.39. The summed E-state index contributed by atoms with van der Waals surface area (Å²) in [6, 6.07) is 7.58. The SMILES string of the molecule is Cc1nc2ccc(C(=O)N(CCC#N)CC3CCCO3)cc2[nH]1. The van der Waals surface area contributed by atoms with Gasteiger partial charge in [0.2, 0.25) is 0 Å². The molecule has 1 fully saturated rings. The average molecular weight is 312 g/mol. The van der Waals surface area contributed by atoms with Gasteiger partial charge >= 0.3 is 0 Å². The van der Waals surface area contributed by atoms with E-state index in [-0.39, 0.29) is 12.0 Å². The molecular formula is C17H20N4O2. The smallest absolute Gasteiger partial charge is 0.254 e. The lowest BCUT2D eigenvalue weighted by molar-refractivity contribution is 0.0531. The van der Waals surface area contributed by atoms with Crippen molar-refractivity contribution in [2.75, 3.05) is 19.7 Å². The molecule has 6 nitrogen and oxygen atoms in total. The normalized spacial score (nSPS) is 17.3. The number of imidazole rings is 1. The number of nitrogens with one attached hydrogen (secondary N) is 1. The predicted molar refractivity (Wildman–Crippen MR) is 85.9 cm³/mol. The first-order chi connectivity index (χ1) is 11.2. The minimum absolute atomic E-state index is 0.0649. The standard InChI is InChI=1S/C17H20N4O2/c1-12-19-15-6-5-13(10-16(15)20-12)17(22)21(8-3-7-18)11-14-4-2-9-23-14/h5-6,10,14H,2-4,8-9,11H2,1H3,(H,19,20). The number of amides is 1. The number of carbonyl (C=O) groups excluding carboxylic acids is 1. The highest BCUT2D eigenvalue weighted by atomic mass is 16.5. The number of ether oxygens (including phenoxy) is 1. The summed E-state index contributed by atoms with van der Waals surface area (Å²) >= 11 is 0. The highest BCUT2D eigenvalue weighted by Crippen LogP contribution is 2.18. The van der Waals surface area contributed by atoms with E-state index in [0.717, 1.165) is 36.3 Å². The quantitative estimate of drug-likeness (QED) is 0.919. The number of nitriles is 1. The van der Waals surface area contributed by atoms with Gasteiger partial charge in [0.05, 0.1) is 29.6 Å². The third-order valence-corrected chi connectivity index (χ3v) is 4.08. The van der Waals surface area contributed by atoms with E-state index in [1.54, 1.807) is 11.0 Å². The number of aromatic nitrogens is 2. The Kier molecular flexibility index (Phi) is 4.58. The van der Waals surface area contributed by atoms with Crippen LogP contribution in [0.15, 0.2) is 18.2 Å². The topological polar surface area (TPSA) is 82.0 Å². The number of fused-ring (bicyclic) bond motifs is 1. The Morgan fingerprint density at radius 1 is 1.57 bits per heavy atom. The number of carbonyl (C=O) groups is 1. The number of H-pyrrole nitrogens is 1. The maximum absolute atomic E-state index is 12.8. The number of nitrogens with zero attached hydrogens (tertiary/aromatic N) is 3. The van der Waals surface area contributed by atoms with E-state index in [2.05, 4.69) is 16.0 Å². The molecule has 0 radical (unpaired) electrons. The monoisotopic (exact) mass is 312 g/mol. The second-order valence-corrected chi connectivity index (χ2v) is 5.85. The lowest BCUT2D eigenvalue weighted by atomic mass is 10.1. The van der Waals surface area contributed by atoms with Gasteiger partial charge in [-0.05, 0) is 38.0 Å². The average Bonchev–Trinajstić information content (AvgIpc) is 3.18. The summed E-state index contributed by atoms with van der Waals surface area (Å²) in [4.78, 5) is 22.0. The minimum atomic E-state index is -0.0649.